The van der Waals surface area contributed by atoms with Crippen molar-refractivity contribution >= 4 is 35.2 Å². The second-order valence-electron chi connectivity index (χ2n) is 4.05. The number of carboxylic acid groups (broad SMARTS) is 1. The minimum atomic E-state index is -0.999. The van der Waals surface area contributed by atoms with Gasteiger partial charge in [0.25, 0.3) is 5.91 Å². The molecule has 19 heavy (non-hydrogen) atoms. The number of likely N-dealkylation sites (tertiary alicyclic amines) is 1. The Morgan fingerprint density at radius 2 is 2.32 bits per heavy atom. The Kier molecular flexibility index (Phi) is 4.26. The van der Waals surface area contributed by atoms with Gasteiger partial charge < -0.3 is 10.0 Å². The van der Waals surface area contributed by atoms with Crippen molar-refractivity contribution in [3.05, 3.63) is 16.9 Å². The van der Waals surface area contributed by atoms with Gasteiger partial charge in [0.1, 0.15) is 6.04 Å². The minimum Gasteiger partial charge on any atom is -0.480 e. The Balaban J connectivity index is 2.31. The number of aliphatic carboxylic acids is 1. The fourth-order valence-corrected chi connectivity index (χ4v) is 2.51. The van der Waals surface area contributed by atoms with E-state index in [1.165, 1.54) is 22.9 Å². The maximum atomic E-state index is 12.3. The number of carboxylic acids is 1. The average molecular weight is 302 g/mol. The van der Waals surface area contributed by atoms with Gasteiger partial charge in [0, 0.05) is 6.54 Å². The summed E-state index contributed by atoms with van der Waals surface area (Å²) in [5.74, 6) is -1.45. The minimum absolute atomic E-state index is 0.0640. The van der Waals surface area contributed by atoms with E-state index < -0.39 is 17.9 Å². The summed E-state index contributed by atoms with van der Waals surface area (Å²) in [5.41, 5.74) is 0.0640. The summed E-state index contributed by atoms with van der Waals surface area (Å²) < 4.78 is 0. The molecule has 0 unspecified atom stereocenters. The van der Waals surface area contributed by atoms with E-state index >= 15 is 0 Å². The van der Waals surface area contributed by atoms with Crippen LogP contribution in [-0.2, 0) is 4.79 Å². The third-order valence-corrected chi connectivity index (χ3v) is 3.74. The van der Waals surface area contributed by atoms with Crippen molar-refractivity contribution < 1.29 is 14.7 Å². The summed E-state index contributed by atoms with van der Waals surface area (Å²) in [4.78, 5) is 32.7. The van der Waals surface area contributed by atoms with Crippen molar-refractivity contribution in [1.82, 2.24) is 14.9 Å². The van der Waals surface area contributed by atoms with Crippen molar-refractivity contribution in [2.45, 2.75) is 24.0 Å². The van der Waals surface area contributed by atoms with Gasteiger partial charge in [0.05, 0.1) is 11.2 Å². The van der Waals surface area contributed by atoms with E-state index in [0.717, 1.165) is 0 Å². The van der Waals surface area contributed by atoms with E-state index in [1.807, 2.05) is 0 Å². The number of amides is 1. The van der Waals surface area contributed by atoms with Crippen molar-refractivity contribution in [3.8, 4) is 0 Å². The van der Waals surface area contributed by atoms with Gasteiger partial charge in [-0.3, -0.25) is 4.79 Å². The van der Waals surface area contributed by atoms with Gasteiger partial charge >= 0.3 is 5.97 Å². The molecule has 1 saturated heterocycles. The largest absolute Gasteiger partial charge is 0.480 e. The SMILES string of the molecule is CSc1ncc(Cl)c(C(=O)N2CCC[C@@H]2C(=O)O)n1. The van der Waals surface area contributed by atoms with Crippen molar-refractivity contribution in [2.24, 2.45) is 0 Å². The van der Waals surface area contributed by atoms with Gasteiger partial charge in [-0.1, -0.05) is 23.4 Å². The highest BCUT2D eigenvalue weighted by molar-refractivity contribution is 7.98. The molecule has 0 saturated carbocycles. The molecule has 1 aliphatic rings. The summed E-state index contributed by atoms with van der Waals surface area (Å²) in [7, 11) is 0. The van der Waals surface area contributed by atoms with Crippen molar-refractivity contribution in [1.29, 1.82) is 0 Å². The molecule has 2 rings (SSSR count). The third-order valence-electron chi connectivity index (χ3n) is 2.91. The Morgan fingerprint density at radius 1 is 1.58 bits per heavy atom. The molecule has 1 aromatic rings. The number of carbonyl (C=O) groups is 2. The predicted molar refractivity (Wildman–Crippen MR) is 70.5 cm³/mol. The van der Waals surface area contributed by atoms with Crippen LogP contribution in [0.5, 0.6) is 0 Å². The molecule has 1 fully saturated rings. The summed E-state index contributed by atoms with van der Waals surface area (Å²) >= 11 is 7.22. The second kappa shape index (κ2) is 5.75. The van der Waals surface area contributed by atoms with Gasteiger partial charge in [-0.15, -0.1) is 0 Å². The standard InChI is InChI=1S/C11H12ClN3O3S/c1-19-11-13-5-6(12)8(14-11)9(16)15-4-2-3-7(15)10(17)18/h5,7H,2-4H2,1H3,(H,17,18)/t7-/m1/s1. The van der Waals surface area contributed by atoms with Crippen LogP contribution < -0.4 is 0 Å². The molecule has 0 bridgehead atoms. The Labute approximate surface area is 119 Å². The topological polar surface area (TPSA) is 83.4 Å². The second-order valence-corrected chi connectivity index (χ2v) is 5.23. The molecule has 0 aromatic carbocycles. The number of hydrogen-bond acceptors (Lipinski definition) is 5. The van der Waals surface area contributed by atoms with Crippen LogP contribution in [0.2, 0.25) is 5.02 Å². The number of thioether (sulfide) groups is 1. The lowest BCUT2D eigenvalue weighted by Crippen LogP contribution is -2.40. The quantitative estimate of drug-likeness (QED) is 0.673. The van der Waals surface area contributed by atoms with Gasteiger partial charge in [0.2, 0.25) is 0 Å². The van der Waals surface area contributed by atoms with Gasteiger partial charge in [0.15, 0.2) is 10.9 Å². The Bertz CT molecular complexity index is 526. The summed E-state index contributed by atoms with van der Waals surface area (Å²) in [6, 6.07) is -0.795. The van der Waals surface area contributed by atoms with Gasteiger partial charge in [-0.25, -0.2) is 14.8 Å². The number of nitrogens with zero attached hydrogens (tertiary/aromatic N) is 3. The van der Waals surface area contributed by atoms with E-state index in [-0.39, 0.29) is 10.7 Å². The van der Waals surface area contributed by atoms with Crippen LogP contribution in [0.3, 0.4) is 0 Å². The first kappa shape index (κ1) is 14.1. The van der Waals surface area contributed by atoms with E-state index in [0.29, 0.717) is 24.5 Å². The molecule has 0 radical (unpaired) electrons. The molecule has 1 atom stereocenters. The highest BCUT2D eigenvalue weighted by Crippen LogP contribution is 2.23. The fourth-order valence-electron chi connectivity index (χ4n) is 2.00. The normalized spacial score (nSPS) is 18.6. The maximum Gasteiger partial charge on any atom is 0.326 e. The molecule has 1 N–H and O–H groups in total. The molecule has 2 heterocycles. The molecule has 102 valence electrons. The predicted octanol–water partition coefficient (Wildman–Crippen LogP) is 1.54. The van der Waals surface area contributed by atoms with E-state index in [4.69, 9.17) is 16.7 Å². The molecule has 0 spiro atoms. The van der Waals surface area contributed by atoms with Crippen LogP contribution in [-0.4, -0.2) is 50.7 Å². The first-order chi connectivity index (χ1) is 9.04. The lowest BCUT2D eigenvalue weighted by atomic mass is 10.2. The molecule has 8 heteroatoms. The lowest BCUT2D eigenvalue weighted by Gasteiger charge is -2.21. The van der Waals surface area contributed by atoms with Crippen LogP contribution in [0.1, 0.15) is 23.3 Å². The molecule has 6 nitrogen and oxygen atoms in total. The highest BCUT2D eigenvalue weighted by Gasteiger charge is 2.35. The Morgan fingerprint density at radius 3 is 2.95 bits per heavy atom. The van der Waals surface area contributed by atoms with Crippen molar-refractivity contribution in [3.63, 3.8) is 0 Å². The molecular weight excluding hydrogens is 290 g/mol. The lowest BCUT2D eigenvalue weighted by molar-refractivity contribution is -0.141. The maximum absolute atomic E-state index is 12.3. The third kappa shape index (κ3) is 2.82. The van der Waals surface area contributed by atoms with Crippen molar-refractivity contribution in [2.75, 3.05) is 12.8 Å². The zero-order valence-corrected chi connectivity index (χ0v) is 11.7. The molecule has 1 aliphatic heterocycles. The smallest absolute Gasteiger partial charge is 0.326 e. The number of aromatic nitrogens is 2. The monoisotopic (exact) mass is 301 g/mol. The first-order valence-electron chi connectivity index (χ1n) is 5.65. The van der Waals surface area contributed by atoms with Crippen LogP contribution in [0.15, 0.2) is 11.4 Å². The summed E-state index contributed by atoms with van der Waals surface area (Å²) in [6.45, 7) is 0.407. The first-order valence-corrected chi connectivity index (χ1v) is 7.25. The number of halogens is 1. The molecule has 1 aromatic heterocycles. The van der Waals surface area contributed by atoms with Gasteiger partial charge in [-0.05, 0) is 19.1 Å². The fraction of sp³-hybridized carbons (Fsp3) is 0.455. The average Bonchev–Trinajstić information content (AvgIpc) is 2.88. The van der Waals surface area contributed by atoms with Crippen LogP contribution >= 0.6 is 23.4 Å². The van der Waals surface area contributed by atoms with E-state index in [1.54, 1.807) is 6.26 Å². The number of rotatable bonds is 3. The van der Waals surface area contributed by atoms with Gasteiger partial charge in [-0.2, -0.15) is 0 Å². The summed E-state index contributed by atoms with van der Waals surface area (Å²) in [5, 5.41) is 9.65. The number of hydrogen-bond donors (Lipinski definition) is 1. The Hall–Kier alpha value is -1.34. The van der Waals surface area contributed by atoms with Crippen LogP contribution in [0.4, 0.5) is 0 Å². The highest BCUT2D eigenvalue weighted by atomic mass is 35.5. The zero-order valence-electron chi connectivity index (χ0n) is 10.2. The van der Waals surface area contributed by atoms with Crippen LogP contribution in [0, 0.1) is 0 Å². The van der Waals surface area contributed by atoms with Crippen LogP contribution in [0.25, 0.3) is 0 Å². The summed E-state index contributed by atoms with van der Waals surface area (Å²) in [6.07, 6.45) is 4.27. The molecule has 1 amide bonds. The van der Waals surface area contributed by atoms with E-state index in [9.17, 15) is 9.59 Å². The molecule has 0 aliphatic carbocycles. The zero-order chi connectivity index (χ0) is 14.0. The molecular formula is C11H12ClN3O3S. The van der Waals surface area contributed by atoms with E-state index in [2.05, 4.69) is 9.97 Å². The number of carbonyl (C=O) groups excluding carboxylic acids is 1.